The second-order valence-electron chi connectivity index (χ2n) is 4.34. The minimum absolute atomic E-state index is 0.0911. The van der Waals surface area contributed by atoms with E-state index in [1.54, 1.807) is 6.07 Å². The smallest absolute Gasteiger partial charge is 0.143 e. The molecule has 1 fully saturated rings. The van der Waals surface area contributed by atoms with Gasteiger partial charge in [-0.1, -0.05) is 11.6 Å². The predicted molar refractivity (Wildman–Crippen MR) is 68.1 cm³/mol. The molecule has 0 radical (unpaired) electrons. The van der Waals surface area contributed by atoms with Gasteiger partial charge in [0.25, 0.3) is 0 Å². The second-order valence-corrected chi connectivity index (χ2v) is 4.75. The van der Waals surface area contributed by atoms with Gasteiger partial charge in [-0.3, -0.25) is 0 Å². The normalized spacial score (nSPS) is 19.6. The van der Waals surface area contributed by atoms with Crippen molar-refractivity contribution in [1.82, 2.24) is 0 Å². The number of rotatable bonds is 3. The van der Waals surface area contributed by atoms with Crippen molar-refractivity contribution in [3.63, 3.8) is 0 Å². The highest BCUT2D eigenvalue weighted by molar-refractivity contribution is 6.31. The number of likely N-dealkylation sites (N-methyl/N-ethyl adjacent to an activating group) is 1. The Morgan fingerprint density at radius 1 is 1.59 bits per heavy atom. The van der Waals surface area contributed by atoms with Crippen molar-refractivity contribution in [2.24, 2.45) is 0 Å². The molecule has 1 unspecified atom stereocenters. The summed E-state index contributed by atoms with van der Waals surface area (Å²) in [6.07, 6.45) is 2.38. The molecule has 5 heteroatoms. The van der Waals surface area contributed by atoms with Gasteiger partial charge in [0.1, 0.15) is 5.82 Å². The molecule has 1 saturated heterocycles. The van der Waals surface area contributed by atoms with E-state index >= 15 is 0 Å². The molecule has 1 aliphatic heterocycles. The van der Waals surface area contributed by atoms with Crippen LogP contribution in [0.15, 0.2) is 12.1 Å². The summed E-state index contributed by atoms with van der Waals surface area (Å²) in [4.78, 5) is 1.96. The largest absolute Gasteiger partial charge is 0.397 e. The van der Waals surface area contributed by atoms with Crippen LogP contribution < -0.4 is 10.6 Å². The fourth-order valence-corrected chi connectivity index (χ4v) is 2.23. The van der Waals surface area contributed by atoms with E-state index in [4.69, 9.17) is 22.1 Å². The topological polar surface area (TPSA) is 38.5 Å². The summed E-state index contributed by atoms with van der Waals surface area (Å²) < 4.78 is 18.7. The zero-order valence-electron chi connectivity index (χ0n) is 9.75. The van der Waals surface area contributed by atoms with E-state index < -0.39 is 5.82 Å². The Balaban J connectivity index is 2.12. The summed E-state index contributed by atoms with van der Waals surface area (Å²) in [5.74, 6) is -0.488. The molecule has 0 amide bonds. The zero-order chi connectivity index (χ0) is 12.4. The Labute approximate surface area is 105 Å². The molecule has 1 aromatic carbocycles. The van der Waals surface area contributed by atoms with Gasteiger partial charge in [-0.05, 0) is 18.9 Å². The first-order valence-corrected chi connectivity index (χ1v) is 6.03. The number of hydrogen-bond donors (Lipinski definition) is 1. The van der Waals surface area contributed by atoms with E-state index in [1.165, 1.54) is 6.07 Å². The number of nitrogens with zero attached hydrogens (tertiary/aromatic N) is 1. The van der Waals surface area contributed by atoms with E-state index in [2.05, 4.69) is 0 Å². The van der Waals surface area contributed by atoms with Gasteiger partial charge in [-0.25, -0.2) is 4.39 Å². The maximum absolute atomic E-state index is 13.2. The van der Waals surface area contributed by atoms with E-state index in [0.717, 1.165) is 31.7 Å². The van der Waals surface area contributed by atoms with Crippen molar-refractivity contribution in [3.8, 4) is 0 Å². The first kappa shape index (κ1) is 12.5. The average molecular weight is 259 g/mol. The number of halogens is 2. The van der Waals surface area contributed by atoms with Gasteiger partial charge in [0.05, 0.1) is 22.5 Å². The fraction of sp³-hybridized carbons (Fsp3) is 0.500. The highest BCUT2D eigenvalue weighted by atomic mass is 35.5. The van der Waals surface area contributed by atoms with Crippen molar-refractivity contribution in [2.75, 3.05) is 30.8 Å². The minimum Gasteiger partial charge on any atom is -0.397 e. The molecule has 0 aliphatic carbocycles. The molecule has 1 heterocycles. The Hall–Kier alpha value is -1.00. The van der Waals surface area contributed by atoms with Crippen LogP contribution in [0.2, 0.25) is 5.02 Å². The number of hydrogen-bond acceptors (Lipinski definition) is 3. The van der Waals surface area contributed by atoms with Crippen LogP contribution in [0.4, 0.5) is 15.8 Å². The first-order chi connectivity index (χ1) is 8.08. The van der Waals surface area contributed by atoms with Crippen LogP contribution in [0, 0.1) is 5.82 Å². The van der Waals surface area contributed by atoms with Crippen molar-refractivity contribution >= 4 is 23.0 Å². The lowest BCUT2D eigenvalue weighted by atomic mass is 10.2. The molecule has 17 heavy (non-hydrogen) atoms. The lowest BCUT2D eigenvalue weighted by molar-refractivity contribution is 0.116. The highest BCUT2D eigenvalue weighted by Crippen LogP contribution is 2.29. The zero-order valence-corrected chi connectivity index (χ0v) is 10.5. The highest BCUT2D eigenvalue weighted by Gasteiger charge is 2.19. The average Bonchev–Trinajstić information content (AvgIpc) is 2.76. The molecule has 0 saturated carbocycles. The standard InChI is InChI=1S/C12H16ClFN2O/c1-16(7-8-3-2-4-17-8)12-5-9(13)10(14)6-11(12)15/h5-6,8H,2-4,7,15H2,1H3. The maximum Gasteiger partial charge on any atom is 0.143 e. The molecule has 1 atom stereocenters. The molecule has 2 rings (SSSR count). The van der Waals surface area contributed by atoms with Crippen molar-refractivity contribution in [3.05, 3.63) is 23.0 Å². The van der Waals surface area contributed by atoms with Gasteiger partial charge in [-0.2, -0.15) is 0 Å². The van der Waals surface area contributed by atoms with Crippen LogP contribution in [0.25, 0.3) is 0 Å². The lowest BCUT2D eigenvalue weighted by Crippen LogP contribution is -2.29. The van der Waals surface area contributed by atoms with Gasteiger partial charge < -0.3 is 15.4 Å². The summed E-state index contributed by atoms with van der Waals surface area (Å²) in [5.41, 5.74) is 6.92. The quantitative estimate of drug-likeness (QED) is 0.848. The predicted octanol–water partition coefficient (Wildman–Crippen LogP) is 2.68. The Morgan fingerprint density at radius 2 is 2.35 bits per heavy atom. The van der Waals surface area contributed by atoms with Gasteiger partial charge in [0, 0.05) is 26.3 Å². The van der Waals surface area contributed by atoms with E-state index in [9.17, 15) is 4.39 Å². The van der Waals surface area contributed by atoms with Crippen molar-refractivity contribution in [2.45, 2.75) is 18.9 Å². The molecule has 0 spiro atoms. The van der Waals surface area contributed by atoms with Gasteiger partial charge in [-0.15, -0.1) is 0 Å². The summed E-state index contributed by atoms with van der Waals surface area (Å²) in [6.45, 7) is 1.56. The number of nitrogen functional groups attached to an aromatic ring is 1. The molecule has 2 N–H and O–H groups in total. The third-order valence-corrected chi connectivity index (χ3v) is 3.27. The Morgan fingerprint density at radius 3 is 3.00 bits per heavy atom. The number of nitrogens with two attached hydrogens (primary N) is 1. The van der Waals surface area contributed by atoms with Gasteiger partial charge in [0.15, 0.2) is 0 Å². The van der Waals surface area contributed by atoms with Crippen LogP contribution in [-0.2, 0) is 4.74 Å². The van der Waals surface area contributed by atoms with E-state index in [-0.39, 0.29) is 11.1 Å². The van der Waals surface area contributed by atoms with Crippen LogP contribution in [0.5, 0.6) is 0 Å². The molecule has 3 nitrogen and oxygen atoms in total. The lowest BCUT2D eigenvalue weighted by Gasteiger charge is -2.24. The number of ether oxygens (including phenoxy) is 1. The first-order valence-electron chi connectivity index (χ1n) is 5.65. The van der Waals surface area contributed by atoms with Crippen LogP contribution in [0.1, 0.15) is 12.8 Å². The molecular formula is C12H16ClFN2O. The second kappa shape index (κ2) is 5.10. The summed E-state index contributed by atoms with van der Waals surface area (Å²) in [6, 6.07) is 2.81. The summed E-state index contributed by atoms with van der Waals surface area (Å²) in [5, 5.41) is 0.0911. The van der Waals surface area contributed by atoms with E-state index in [1.807, 2.05) is 11.9 Å². The minimum atomic E-state index is -0.488. The number of benzene rings is 1. The molecular weight excluding hydrogens is 243 g/mol. The maximum atomic E-state index is 13.2. The van der Waals surface area contributed by atoms with Gasteiger partial charge in [0.2, 0.25) is 0 Å². The third-order valence-electron chi connectivity index (χ3n) is 2.98. The van der Waals surface area contributed by atoms with Crippen LogP contribution >= 0.6 is 11.6 Å². The molecule has 1 aromatic rings. The summed E-state index contributed by atoms with van der Waals surface area (Å²) in [7, 11) is 1.90. The molecule has 0 aromatic heterocycles. The monoisotopic (exact) mass is 258 g/mol. The van der Waals surface area contributed by atoms with Crippen LogP contribution in [-0.4, -0.2) is 26.3 Å². The molecule has 94 valence electrons. The third kappa shape index (κ3) is 2.82. The SMILES string of the molecule is CN(CC1CCCO1)c1cc(Cl)c(F)cc1N. The molecule has 0 bridgehead atoms. The Bertz CT molecular complexity index is 408. The van der Waals surface area contributed by atoms with Crippen molar-refractivity contribution < 1.29 is 9.13 Å². The van der Waals surface area contributed by atoms with E-state index in [0.29, 0.717) is 5.69 Å². The van der Waals surface area contributed by atoms with Crippen molar-refractivity contribution in [1.29, 1.82) is 0 Å². The summed E-state index contributed by atoms with van der Waals surface area (Å²) >= 11 is 5.76. The fourth-order valence-electron chi connectivity index (χ4n) is 2.07. The molecule has 1 aliphatic rings. The van der Waals surface area contributed by atoms with Gasteiger partial charge >= 0.3 is 0 Å². The Kier molecular flexibility index (Phi) is 3.74. The number of anilines is 2. The van der Waals surface area contributed by atoms with Crippen LogP contribution in [0.3, 0.4) is 0 Å².